The molecule has 1 N–H and O–H groups in total. The van der Waals surface area contributed by atoms with Crippen molar-refractivity contribution in [3.63, 3.8) is 0 Å². The molecule has 0 saturated heterocycles. The molecule has 3 rings (SSSR count). The first-order valence-electron chi connectivity index (χ1n) is 10.5. The van der Waals surface area contributed by atoms with Crippen molar-refractivity contribution in [2.75, 3.05) is 25.5 Å². The lowest BCUT2D eigenvalue weighted by molar-refractivity contribution is -0.124. The number of halogens is 1. The summed E-state index contributed by atoms with van der Waals surface area (Å²) in [6, 6.07) is 13.7. The van der Waals surface area contributed by atoms with Gasteiger partial charge in [0.2, 0.25) is 0 Å². The maximum Gasteiger partial charge on any atom is 0.303 e. The van der Waals surface area contributed by atoms with Crippen molar-refractivity contribution in [1.82, 2.24) is 9.03 Å². The van der Waals surface area contributed by atoms with E-state index in [9.17, 15) is 18.0 Å². The summed E-state index contributed by atoms with van der Waals surface area (Å²) in [6.45, 7) is 3.41. The molecule has 2 atom stereocenters. The van der Waals surface area contributed by atoms with Crippen molar-refractivity contribution in [1.29, 1.82) is 0 Å². The Morgan fingerprint density at radius 3 is 2.48 bits per heavy atom. The molecule has 0 aliphatic carbocycles. The maximum atomic E-state index is 13.7. The summed E-state index contributed by atoms with van der Waals surface area (Å²) >= 11 is 6.30. The Bertz CT molecular complexity index is 1180. The molecule has 2 aromatic carbocycles. The number of nitrogens with zero attached hydrogens (tertiary/aromatic N) is 3. The number of carbonyl (C=O) groups is 2. The summed E-state index contributed by atoms with van der Waals surface area (Å²) in [5, 5.41) is 0.450. The molecular formula is C23H27ClN4O4S. The molecule has 0 bridgehead atoms. The zero-order valence-electron chi connectivity index (χ0n) is 18.9. The Hall–Kier alpha value is -2.75. The fraction of sp³-hybridized carbons (Fsp3) is 0.348. The van der Waals surface area contributed by atoms with Crippen molar-refractivity contribution in [3.8, 4) is 0 Å². The third kappa shape index (κ3) is 5.43. The van der Waals surface area contributed by atoms with Crippen LogP contribution >= 0.6 is 11.6 Å². The van der Waals surface area contributed by atoms with E-state index in [-0.39, 0.29) is 11.8 Å². The first kappa shape index (κ1) is 24.9. The fourth-order valence-electron chi connectivity index (χ4n) is 3.47. The van der Waals surface area contributed by atoms with Crippen LogP contribution in [0.3, 0.4) is 0 Å². The normalized spacial score (nSPS) is 17.3. The van der Waals surface area contributed by atoms with E-state index in [4.69, 9.17) is 16.6 Å². The van der Waals surface area contributed by atoms with Crippen LogP contribution in [0.2, 0.25) is 5.02 Å². The quantitative estimate of drug-likeness (QED) is 0.645. The van der Waals surface area contributed by atoms with Crippen LogP contribution in [-0.4, -0.2) is 56.9 Å². The van der Waals surface area contributed by atoms with E-state index in [2.05, 4.69) is 0 Å². The van der Waals surface area contributed by atoms with Gasteiger partial charge in [0.25, 0.3) is 11.8 Å². The minimum absolute atomic E-state index is 0.114. The molecule has 1 heterocycles. The lowest BCUT2D eigenvalue weighted by Gasteiger charge is -2.27. The van der Waals surface area contributed by atoms with E-state index in [1.54, 1.807) is 18.2 Å². The second-order valence-electron chi connectivity index (χ2n) is 8.07. The summed E-state index contributed by atoms with van der Waals surface area (Å²) in [4.78, 5) is 32.5. The van der Waals surface area contributed by atoms with Crippen LogP contribution in [0.1, 0.15) is 31.4 Å². The first-order chi connectivity index (χ1) is 15.5. The van der Waals surface area contributed by atoms with E-state index in [1.807, 2.05) is 48.9 Å². The molecule has 0 aromatic heterocycles. The molecule has 33 heavy (non-hydrogen) atoms. The molecule has 1 aliphatic rings. The molecule has 0 fully saturated rings. The summed E-state index contributed by atoms with van der Waals surface area (Å²) in [7, 11) is -1.38. The minimum atomic E-state index is -4.00. The number of aliphatic imine (C=N–C) groups is 1. The van der Waals surface area contributed by atoms with Gasteiger partial charge in [-0.05, 0) is 24.1 Å². The zero-order chi connectivity index (χ0) is 24.3. The van der Waals surface area contributed by atoms with Gasteiger partial charge in [0.05, 0.1) is 11.4 Å². The van der Waals surface area contributed by atoms with Crippen molar-refractivity contribution in [3.05, 3.63) is 64.7 Å². The van der Waals surface area contributed by atoms with Gasteiger partial charge in [-0.25, -0.2) is 4.72 Å². The van der Waals surface area contributed by atoms with Gasteiger partial charge in [-0.15, -0.1) is 0 Å². The molecule has 1 unspecified atom stereocenters. The van der Waals surface area contributed by atoms with Gasteiger partial charge in [0.15, 0.2) is 0 Å². The van der Waals surface area contributed by atoms with Gasteiger partial charge in [-0.2, -0.15) is 12.7 Å². The third-order valence-electron chi connectivity index (χ3n) is 5.55. The van der Waals surface area contributed by atoms with Gasteiger partial charge in [0.1, 0.15) is 12.6 Å². The molecule has 10 heteroatoms. The standard InChI is InChI=1S/C23H27ClN4O4S/c1-5-15(2)21-23(30)28(14-20(29)26-33(31,32)27(3)4)19-12-11-17(24)13-18(19)22(25-21)16-9-7-6-8-10-16/h6-13,15,21H,5,14H2,1-4H3,(H,26,29)/t15?,21-/m0/s1. The Morgan fingerprint density at radius 2 is 1.88 bits per heavy atom. The van der Waals surface area contributed by atoms with Crippen molar-refractivity contribution < 1.29 is 18.0 Å². The molecule has 0 saturated carbocycles. The number of hydrogen-bond donors (Lipinski definition) is 1. The van der Waals surface area contributed by atoms with Crippen LogP contribution in [0.25, 0.3) is 0 Å². The summed E-state index contributed by atoms with van der Waals surface area (Å²) in [6.07, 6.45) is 0.689. The SMILES string of the molecule is CCC(C)[C@@H]1N=C(c2ccccc2)c2cc(Cl)ccc2N(CC(=O)NS(=O)(=O)N(C)C)C1=O. The smallest absolute Gasteiger partial charge is 0.300 e. The lowest BCUT2D eigenvalue weighted by Crippen LogP contribution is -2.48. The van der Waals surface area contributed by atoms with Gasteiger partial charge >= 0.3 is 10.2 Å². The number of carbonyl (C=O) groups excluding carboxylic acids is 2. The van der Waals surface area contributed by atoms with E-state index < -0.39 is 28.7 Å². The molecule has 0 spiro atoms. The van der Waals surface area contributed by atoms with Gasteiger partial charge < -0.3 is 4.90 Å². The number of benzodiazepines with no additional fused rings is 1. The number of anilines is 1. The van der Waals surface area contributed by atoms with Crippen LogP contribution in [0.5, 0.6) is 0 Å². The second-order valence-corrected chi connectivity index (χ2v) is 10.4. The number of amides is 2. The van der Waals surface area contributed by atoms with Crippen molar-refractivity contribution in [2.24, 2.45) is 10.9 Å². The molecule has 176 valence electrons. The van der Waals surface area contributed by atoms with Crippen LogP contribution in [-0.2, 0) is 19.8 Å². The highest BCUT2D eigenvalue weighted by Crippen LogP contribution is 2.32. The lowest BCUT2D eigenvalue weighted by atomic mass is 9.98. The van der Waals surface area contributed by atoms with Gasteiger partial charge in [-0.1, -0.05) is 62.2 Å². The monoisotopic (exact) mass is 490 g/mol. The average Bonchev–Trinajstić information content (AvgIpc) is 2.88. The van der Waals surface area contributed by atoms with Crippen molar-refractivity contribution >= 4 is 45.0 Å². The van der Waals surface area contributed by atoms with Gasteiger partial charge in [0, 0.05) is 30.2 Å². The number of rotatable bonds is 7. The number of benzene rings is 2. The Labute approximate surface area is 199 Å². The summed E-state index contributed by atoms with van der Waals surface area (Å²) in [5.41, 5.74) is 2.44. The van der Waals surface area contributed by atoms with E-state index in [0.717, 1.165) is 9.87 Å². The van der Waals surface area contributed by atoms with Crippen LogP contribution in [0.4, 0.5) is 5.69 Å². The average molecular weight is 491 g/mol. The topological polar surface area (TPSA) is 99.2 Å². The maximum absolute atomic E-state index is 13.7. The summed E-state index contributed by atoms with van der Waals surface area (Å²) < 4.78 is 27.1. The first-order valence-corrected chi connectivity index (χ1v) is 12.3. The third-order valence-corrected chi connectivity index (χ3v) is 7.23. The highest BCUT2D eigenvalue weighted by molar-refractivity contribution is 7.87. The number of hydrogen-bond acceptors (Lipinski definition) is 5. The summed E-state index contributed by atoms with van der Waals surface area (Å²) in [5.74, 6) is -1.32. The number of nitrogens with one attached hydrogen (secondary N) is 1. The van der Waals surface area contributed by atoms with Crippen LogP contribution in [0.15, 0.2) is 53.5 Å². The Morgan fingerprint density at radius 1 is 1.21 bits per heavy atom. The van der Waals surface area contributed by atoms with E-state index >= 15 is 0 Å². The molecule has 2 aromatic rings. The van der Waals surface area contributed by atoms with E-state index in [0.29, 0.717) is 28.4 Å². The molecule has 2 amide bonds. The van der Waals surface area contributed by atoms with E-state index in [1.165, 1.54) is 19.0 Å². The van der Waals surface area contributed by atoms with Crippen LogP contribution < -0.4 is 9.62 Å². The predicted octanol–water partition coefficient (Wildman–Crippen LogP) is 2.86. The minimum Gasteiger partial charge on any atom is -0.300 e. The Balaban J connectivity index is 2.14. The molecule has 1 aliphatic heterocycles. The zero-order valence-corrected chi connectivity index (χ0v) is 20.5. The highest BCUT2D eigenvalue weighted by atomic mass is 35.5. The highest BCUT2D eigenvalue weighted by Gasteiger charge is 2.36. The molecule has 8 nitrogen and oxygen atoms in total. The molecular weight excluding hydrogens is 464 g/mol. The second kappa shape index (κ2) is 10.0. The Kier molecular flexibility index (Phi) is 7.56. The molecule has 0 radical (unpaired) electrons. The predicted molar refractivity (Wildman–Crippen MR) is 130 cm³/mol. The van der Waals surface area contributed by atoms with Crippen LogP contribution in [0, 0.1) is 5.92 Å². The largest absolute Gasteiger partial charge is 0.303 e. The van der Waals surface area contributed by atoms with Gasteiger partial charge in [-0.3, -0.25) is 14.6 Å². The number of fused-ring (bicyclic) bond motifs is 1. The fourth-order valence-corrected chi connectivity index (χ4v) is 4.18. The van der Waals surface area contributed by atoms with Crippen molar-refractivity contribution in [2.45, 2.75) is 26.3 Å².